The minimum Gasteiger partial charge on any atom is -0.369 e. The molecule has 0 radical (unpaired) electrons. The molecule has 1 amide bonds. The van der Waals surface area contributed by atoms with E-state index in [1.807, 2.05) is 19.1 Å². The van der Waals surface area contributed by atoms with Crippen LogP contribution in [-0.2, 0) is 4.79 Å². The standard InChI is InChI=1S/C12H17NOS/c1-8(2)10-4-6-11(7-5-10)15-9(3)12(13)14/h4-9H,1-3H3,(H2,13,14). The van der Waals surface area contributed by atoms with Gasteiger partial charge in [-0.25, -0.2) is 0 Å². The van der Waals surface area contributed by atoms with E-state index in [1.165, 1.54) is 17.3 Å². The quantitative estimate of drug-likeness (QED) is 0.798. The summed E-state index contributed by atoms with van der Waals surface area (Å²) in [5.41, 5.74) is 6.51. The molecule has 1 aromatic rings. The van der Waals surface area contributed by atoms with Crippen LogP contribution in [0.1, 0.15) is 32.3 Å². The highest BCUT2D eigenvalue weighted by Crippen LogP contribution is 2.25. The number of benzene rings is 1. The molecule has 82 valence electrons. The maximum absolute atomic E-state index is 10.9. The molecule has 1 unspecified atom stereocenters. The van der Waals surface area contributed by atoms with Gasteiger partial charge in [0.1, 0.15) is 0 Å². The topological polar surface area (TPSA) is 43.1 Å². The van der Waals surface area contributed by atoms with Crippen molar-refractivity contribution in [2.75, 3.05) is 0 Å². The zero-order valence-electron chi connectivity index (χ0n) is 9.36. The lowest BCUT2D eigenvalue weighted by Gasteiger charge is -2.09. The van der Waals surface area contributed by atoms with Crippen LogP contribution in [0.15, 0.2) is 29.2 Å². The molecule has 0 aromatic heterocycles. The smallest absolute Gasteiger partial charge is 0.230 e. The number of rotatable bonds is 4. The van der Waals surface area contributed by atoms with Crippen LogP contribution < -0.4 is 5.73 Å². The normalized spacial score (nSPS) is 12.8. The van der Waals surface area contributed by atoms with Crippen LogP contribution in [0.4, 0.5) is 0 Å². The van der Waals surface area contributed by atoms with Crippen molar-refractivity contribution in [2.24, 2.45) is 5.73 Å². The van der Waals surface area contributed by atoms with Crippen molar-refractivity contribution in [1.82, 2.24) is 0 Å². The molecule has 2 N–H and O–H groups in total. The lowest BCUT2D eigenvalue weighted by molar-refractivity contribution is -0.117. The largest absolute Gasteiger partial charge is 0.369 e. The molecular formula is C12H17NOS. The van der Waals surface area contributed by atoms with Crippen molar-refractivity contribution >= 4 is 17.7 Å². The van der Waals surface area contributed by atoms with Crippen LogP contribution in [0.3, 0.4) is 0 Å². The maximum atomic E-state index is 10.9. The Labute approximate surface area is 95.2 Å². The third-order valence-corrected chi connectivity index (χ3v) is 3.39. The number of thioether (sulfide) groups is 1. The van der Waals surface area contributed by atoms with E-state index in [-0.39, 0.29) is 11.2 Å². The Morgan fingerprint density at radius 1 is 1.20 bits per heavy atom. The highest BCUT2D eigenvalue weighted by atomic mass is 32.2. The van der Waals surface area contributed by atoms with Gasteiger partial charge >= 0.3 is 0 Å². The number of carbonyl (C=O) groups is 1. The number of hydrogen-bond acceptors (Lipinski definition) is 2. The maximum Gasteiger partial charge on any atom is 0.230 e. The second-order valence-corrected chi connectivity index (χ2v) is 5.30. The highest BCUT2D eigenvalue weighted by Gasteiger charge is 2.10. The number of nitrogens with two attached hydrogens (primary N) is 1. The van der Waals surface area contributed by atoms with Crippen molar-refractivity contribution in [1.29, 1.82) is 0 Å². The number of hydrogen-bond donors (Lipinski definition) is 1. The molecule has 0 saturated carbocycles. The number of carbonyl (C=O) groups excluding carboxylic acids is 1. The summed E-state index contributed by atoms with van der Waals surface area (Å²) in [5, 5.41) is -0.171. The minimum atomic E-state index is -0.270. The van der Waals surface area contributed by atoms with Crippen LogP contribution in [0, 0.1) is 0 Å². The Hall–Kier alpha value is -0.960. The summed E-state index contributed by atoms with van der Waals surface area (Å²) < 4.78 is 0. The van der Waals surface area contributed by atoms with Gasteiger partial charge in [-0.15, -0.1) is 11.8 Å². The predicted octanol–water partition coefficient (Wildman–Crippen LogP) is 2.78. The molecule has 0 bridgehead atoms. The van der Waals surface area contributed by atoms with Crippen LogP contribution in [0.2, 0.25) is 0 Å². The van der Waals surface area contributed by atoms with Gasteiger partial charge in [-0.2, -0.15) is 0 Å². The van der Waals surface area contributed by atoms with Gasteiger partial charge in [0.15, 0.2) is 0 Å². The van der Waals surface area contributed by atoms with E-state index in [0.29, 0.717) is 5.92 Å². The van der Waals surface area contributed by atoms with Gasteiger partial charge in [0.25, 0.3) is 0 Å². The van der Waals surface area contributed by atoms with Crippen LogP contribution >= 0.6 is 11.8 Å². The average Bonchev–Trinajstić information content (AvgIpc) is 2.18. The van der Waals surface area contributed by atoms with E-state index in [2.05, 4.69) is 26.0 Å². The first-order chi connectivity index (χ1) is 7.00. The van der Waals surface area contributed by atoms with Gasteiger partial charge in [-0.3, -0.25) is 4.79 Å². The first kappa shape index (κ1) is 12.1. The molecule has 15 heavy (non-hydrogen) atoms. The van der Waals surface area contributed by atoms with Gasteiger partial charge in [-0.1, -0.05) is 26.0 Å². The molecule has 0 spiro atoms. The fraction of sp³-hybridized carbons (Fsp3) is 0.417. The van der Waals surface area contributed by atoms with Gasteiger partial charge in [0.05, 0.1) is 5.25 Å². The molecular weight excluding hydrogens is 206 g/mol. The van der Waals surface area contributed by atoms with Crippen molar-refractivity contribution in [3.8, 4) is 0 Å². The van der Waals surface area contributed by atoms with Crippen molar-refractivity contribution in [2.45, 2.75) is 36.8 Å². The molecule has 1 aromatic carbocycles. The molecule has 0 saturated heterocycles. The summed E-state index contributed by atoms with van der Waals surface area (Å²) in [7, 11) is 0. The Bertz CT molecular complexity index is 332. The Balaban J connectivity index is 2.68. The number of amides is 1. The zero-order valence-corrected chi connectivity index (χ0v) is 10.2. The summed E-state index contributed by atoms with van der Waals surface area (Å²) in [5.74, 6) is 0.269. The van der Waals surface area contributed by atoms with Crippen LogP contribution in [-0.4, -0.2) is 11.2 Å². The van der Waals surface area contributed by atoms with E-state index < -0.39 is 0 Å². The minimum absolute atomic E-state index is 0.171. The Morgan fingerprint density at radius 3 is 2.13 bits per heavy atom. The van der Waals surface area contributed by atoms with E-state index in [4.69, 9.17) is 5.73 Å². The molecule has 0 heterocycles. The molecule has 0 aliphatic carbocycles. The van der Waals surface area contributed by atoms with Gasteiger partial charge in [0, 0.05) is 4.90 Å². The highest BCUT2D eigenvalue weighted by molar-refractivity contribution is 8.00. The van der Waals surface area contributed by atoms with Gasteiger partial charge < -0.3 is 5.73 Å². The molecule has 0 aliphatic heterocycles. The van der Waals surface area contributed by atoms with Gasteiger partial charge in [-0.05, 0) is 30.5 Å². The summed E-state index contributed by atoms with van der Waals surface area (Å²) in [4.78, 5) is 12.0. The lowest BCUT2D eigenvalue weighted by Crippen LogP contribution is -2.22. The summed E-state index contributed by atoms with van der Waals surface area (Å²) >= 11 is 1.50. The summed E-state index contributed by atoms with van der Waals surface area (Å²) in [6.45, 7) is 6.14. The molecule has 2 nitrogen and oxygen atoms in total. The summed E-state index contributed by atoms with van der Waals surface area (Å²) in [6, 6.07) is 8.28. The number of primary amides is 1. The van der Waals surface area contributed by atoms with Crippen LogP contribution in [0.25, 0.3) is 0 Å². The first-order valence-electron chi connectivity index (χ1n) is 5.06. The second kappa shape index (κ2) is 5.21. The lowest BCUT2D eigenvalue weighted by atomic mass is 10.0. The molecule has 1 atom stereocenters. The van der Waals surface area contributed by atoms with E-state index in [9.17, 15) is 4.79 Å². The predicted molar refractivity (Wildman–Crippen MR) is 65.0 cm³/mol. The Morgan fingerprint density at radius 2 is 1.73 bits per heavy atom. The fourth-order valence-electron chi connectivity index (χ4n) is 1.19. The molecule has 1 rings (SSSR count). The van der Waals surface area contributed by atoms with E-state index >= 15 is 0 Å². The third-order valence-electron chi connectivity index (χ3n) is 2.26. The SMILES string of the molecule is CC(Sc1ccc(C(C)C)cc1)C(N)=O. The first-order valence-corrected chi connectivity index (χ1v) is 5.94. The summed E-state index contributed by atoms with van der Waals surface area (Å²) in [6.07, 6.45) is 0. The van der Waals surface area contributed by atoms with E-state index in [1.54, 1.807) is 0 Å². The zero-order chi connectivity index (χ0) is 11.4. The fourth-order valence-corrected chi connectivity index (χ4v) is 2.01. The molecule has 3 heteroatoms. The molecule has 0 aliphatic rings. The third kappa shape index (κ3) is 3.59. The second-order valence-electron chi connectivity index (χ2n) is 3.89. The molecule has 0 fully saturated rings. The van der Waals surface area contributed by atoms with Crippen LogP contribution in [0.5, 0.6) is 0 Å². The van der Waals surface area contributed by atoms with Crippen molar-refractivity contribution in [3.63, 3.8) is 0 Å². The van der Waals surface area contributed by atoms with E-state index in [0.717, 1.165) is 4.90 Å². The monoisotopic (exact) mass is 223 g/mol. The van der Waals surface area contributed by atoms with Crippen molar-refractivity contribution < 1.29 is 4.79 Å². The van der Waals surface area contributed by atoms with Crippen molar-refractivity contribution in [3.05, 3.63) is 29.8 Å². The Kier molecular flexibility index (Phi) is 4.21. The average molecular weight is 223 g/mol. The van der Waals surface area contributed by atoms with Gasteiger partial charge in [0.2, 0.25) is 5.91 Å².